The van der Waals surface area contributed by atoms with E-state index in [0.717, 1.165) is 4.47 Å². The highest BCUT2D eigenvalue weighted by Crippen LogP contribution is 2.29. The monoisotopic (exact) mass is 333 g/mol. The number of rotatable bonds is 3. The van der Waals surface area contributed by atoms with Crippen molar-refractivity contribution in [2.24, 2.45) is 0 Å². The van der Waals surface area contributed by atoms with Crippen molar-refractivity contribution in [3.05, 3.63) is 35.0 Å². The lowest BCUT2D eigenvalue weighted by atomic mass is 9.99. The van der Waals surface area contributed by atoms with Gasteiger partial charge in [-0.2, -0.15) is 0 Å². The van der Waals surface area contributed by atoms with Gasteiger partial charge in [-0.3, -0.25) is 0 Å². The SMILES string of the molecule is OC[C@H]1O[C](Oc2cccc(Br)c2)[C@H](O)[C@H](O)[C@@H]1O. The van der Waals surface area contributed by atoms with E-state index in [2.05, 4.69) is 15.9 Å². The van der Waals surface area contributed by atoms with Crippen LogP contribution in [-0.2, 0) is 4.74 Å². The summed E-state index contributed by atoms with van der Waals surface area (Å²) < 4.78 is 11.2. The highest BCUT2D eigenvalue weighted by Gasteiger charge is 2.46. The molecule has 2 rings (SSSR count). The molecule has 0 bridgehead atoms. The molecule has 0 saturated carbocycles. The summed E-state index contributed by atoms with van der Waals surface area (Å²) >= 11 is 3.27. The summed E-state index contributed by atoms with van der Waals surface area (Å²) in [6.45, 7) is -0.504. The van der Waals surface area contributed by atoms with Gasteiger partial charge in [0.05, 0.1) is 6.61 Å². The Hall–Kier alpha value is -0.700. The molecule has 105 valence electrons. The van der Waals surface area contributed by atoms with E-state index >= 15 is 0 Å². The zero-order chi connectivity index (χ0) is 14.0. The van der Waals surface area contributed by atoms with Gasteiger partial charge in [0.2, 0.25) is 0 Å². The number of ether oxygens (including phenoxy) is 2. The summed E-state index contributed by atoms with van der Waals surface area (Å²) in [4.78, 5) is 0. The van der Waals surface area contributed by atoms with Crippen molar-refractivity contribution in [3.8, 4) is 5.75 Å². The van der Waals surface area contributed by atoms with Gasteiger partial charge in [-0.15, -0.1) is 0 Å². The lowest BCUT2D eigenvalue weighted by molar-refractivity contribution is -0.224. The summed E-state index contributed by atoms with van der Waals surface area (Å²) in [7, 11) is 0. The smallest absolute Gasteiger partial charge is 0.309 e. The van der Waals surface area contributed by atoms with E-state index in [1.807, 2.05) is 0 Å². The van der Waals surface area contributed by atoms with Gasteiger partial charge in [0, 0.05) is 4.47 Å². The molecule has 0 amide bonds. The van der Waals surface area contributed by atoms with E-state index in [9.17, 15) is 15.3 Å². The van der Waals surface area contributed by atoms with Crippen LogP contribution in [0.1, 0.15) is 0 Å². The predicted octanol–water partition coefficient (Wildman–Crippen LogP) is -0.209. The summed E-state index contributed by atoms with van der Waals surface area (Å²) in [5.74, 6) is 0.392. The molecule has 0 spiro atoms. The second-order valence-electron chi connectivity index (χ2n) is 4.14. The Labute approximate surface area is 118 Å². The van der Waals surface area contributed by atoms with Crippen LogP contribution in [-0.4, -0.2) is 51.4 Å². The largest absolute Gasteiger partial charge is 0.453 e. The average Bonchev–Trinajstić information content (AvgIpc) is 2.39. The Morgan fingerprint density at radius 3 is 2.58 bits per heavy atom. The molecule has 1 aromatic rings. The van der Waals surface area contributed by atoms with Crippen LogP contribution in [0.5, 0.6) is 5.75 Å². The molecule has 1 aromatic carbocycles. The molecule has 1 saturated heterocycles. The molecule has 1 heterocycles. The van der Waals surface area contributed by atoms with Crippen molar-refractivity contribution >= 4 is 15.9 Å². The molecule has 1 aliphatic heterocycles. The van der Waals surface area contributed by atoms with Gasteiger partial charge >= 0.3 is 6.29 Å². The summed E-state index contributed by atoms with van der Waals surface area (Å²) in [5.41, 5.74) is 0. The molecule has 0 aromatic heterocycles. The first-order chi connectivity index (χ1) is 9.02. The van der Waals surface area contributed by atoms with Crippen molar-refractivity contribution in [2.75, 3.05) is 6.61 Å². The number of hydrogen-bond acceptors (Lipinski definition) is 6. The van der Waals surface area contributed by atoms with Gasteiger partial charge in [0.15, 0.2) is 6.10 Å². The fourth-order valence-electron chi connectivity index (χ4n) is 1.71. The van der Waals surface area contributed by atoms with E-state index in [-0.39, 0.29) is 6.29 Å². The van der Waals surface area contributed by atoms with E-state index in [1.165, 1.54) is 0 Å². The Bertz CT molecular complexity index is 426. The molecule has 1 fully saturated rings. The maximum atomic E-state index is 9.76. The van der Waals surface area contributed by atoms with Crippen molar-refractivity contribution in [1.29, 1.82) is 0 Å². The molecule has 1 radical (unpaired) electrons. The number of hydrogen-bond donors (Lipinski definition) is 4. The molecule has 19 heavy (non-hydrogen) atoms. The third kappa shape index (κ3) is 3.25. The highest BCUT2D eigenvalue weighted by molar-refractivity contribution is 9.10. The van der Waals surface area contributed by atoms with Crippen LogP contribution >= 0.6 is 15.9 Å². The third-order valence-corrected chi connectivity index (χ3v) is 3.25. The van der Waals surface area contributed by atoms with Crippen LogP contribution in [0.15, 0.2) is 28.7 Å². The summed E-state index contributed by atoms with van der Waals surface area (Å²) in [6.07, 6.45) is -5.64. The van der Waals surface area contributed by atoms with Crippen molar-refractivity contribution in [2.45, 2.75) is 24.4 Å². The fourth-order valence-corrected chi connectivity index (χ4v) is 2.09. The quantitative estimate of drug-likeness (QED) is 0.611. The Morgan fingerprint density at radius 2 is 1.95 bits per heavy atom. The first-order valence-corrected chi connectivity index (χ1v) is 6.44. The van der Waals surface area contributed by atoms with E-state index < -0.39 is 31.0 Å². The number of halogens is 1. The molecular weight excluding hydrogens is 320 g/mol. The Balaban J connectivity index is 2.10. The Kier molecular flexibility index (Phi) is 4.77. The third-order valence-electron chi connectivity index (χ3n) is 2.76. The highest BCUT2D eigenvalue weighted by atomic mass is 79.9. The molecule has 0 unspecified atom stereocenters. The van der Waals surface area contributed by atoms with Crippen LogP contribution in [0.4, 0.5) is 0 Å². The normalized spacial score (nSPS) is 32.3. The van der Waals surface area contributed by atoms with Crippen LogP contribution in [0.25, 0.3) is 0 Å². The summed E-state index contributed by atoms with van der Waals surface area (Å²) in [6, 6.07) is 6.81. The molecule has 4 N–H and O–H groups in total. The number of benzene rings is 1. The zero-order valence-corrected chi connectivity index (χ0v) is 11.4. The minimum absolute atomic E-state index is 0.255. The molecule has 6 nitrogen and oxygen atoms in total. The first kappa shape index (κ1) is 14.7. The molecule has 1 aliphatic rings. The topological polar surface area (TPSA) is 99.4 Å². The van der Waals surface area contributed by atoms with Crippen LogP contribution < -0.4 is 4.74 Å². The number of aliphatic hydroxyl groups excluding tert-OH is 4. The minimum Gasteiger partial charge on any atom is -0.453 e. The van der Waals surface area contributed by atoms with E-state index in [4.69, 9.17) is 14.6 Å². The first-order valence-electron chi connectivity index (χ1n) is 5.65. The van der Waals surface area contributed by atoms with Gasteiger partial charge in [-0.1, -0.05) is 22.0 Å². The van der Waals surface area contributed by atoms with Crippen LogP contribution in [0.2, 0.25) is 0 Å². The maximum absolute atomic E-state index is 9.76. The van der Waals surface area contributed by atoms with E-state index in [1.54, 1.807) is 24.3 Å². The van der Waals surface area contributed by atoms with Gasteiger partial charge in [-0.05, 0) is 18.2 Å². The van der Waals surface area contributed by atoms with Crippen molar-refractivity contribution in [3.63, 3.8) is 0 Å². The van der Waals surface area contributed by atoms with Crippen molar-refractivity contribution < 1.29 is 29.9 Å². The molecule has 7 heteroatoms. The second-order valence-corrected chi connectivity index (χ2v) is 5.06. The minimum atomic E-state index is -1.49. The van der Waals surface area contributed by atoms with Gasteiger partial charge in [0.1, 0.15) is 24.1 Å². The van der Waals surface area contributed by atoms with Crippen LogP contribution in [0.3, 0.4) is 0 Å². The lowest BCUT2D eigenvalue weighted by Crippen LogP contribution is -2.56. The van der Waals surface area contributed by atoms with E-state index in [0.29, 0.717) is 5.75 Å². The summed E-state index contributed by atoms with van der Waals surface area (Å²) in [5, 5.41) is 38.0. The average molecular weight is 334 g/mol. The standard InChI is InChI=1S/C12H14BrO6/c13-6-2-1-3-7(4-6)18-12-11(17)10(16)9(15)8(5-14)19-12/h1-4,8-11,14-17H,5H2/t8-,9-,10-,11-/m1/s1. The number of aliphatic hydroxyl groups is 4. The molecular formula is C12H14BrO6. The zero-order valence-electron chi connectivity index (χ0n) is 9.81. The van der Waals surface area contributed by atoms with Gasteiger partial charge < -0.3 is 29.9 Å². The lowest BCUT2D eigenvalue weighted by Gasteiger charge is -2.38. The van der Waals surface area contributed by atoms with Crippen molar-refractivity contribution in [1.82, 2.24) is 0 Å². The van der Waals surface area contributed by atoms with Crippen LogP contribution in [0, 0.1) is 6.29 Å². The maximum Gasteiger partial charge on any atom is 0.309 e. The van der Waals surface area contributed by atoms with Gasteiger partial charge in [0.25, 0.3) is 0 Å². The fraction of sp³-hybridized carbons (Fsp3) is 0.417. The Morgan fingerprint density at radius 1 is 1.21 bits per heavy atom. The molecule has 4 atom stereocenters. The van der Waals surface area contributed by atoms with Gasteiger partial charge in [-0.25, -0.2) is 0 Å². The molecule has 0 aliphatic carbocycles. The predicted molar refractivity (Wildman–Crippen MR) is 68.0 cm³/mol. The second kappa shape index (κ2) is 6.17.